The van der Waals surface area contributed by atoms with Crippen molar-refractivity contribution >= 4 is 17.2 Å². The summed E-state index contributed by atoms with van der Waals surface area (Å²) in [5, 5.41) is 12.3. The Bertz CT molecular complexity index is 1190. The average Bonchev–Trinajstić information content (AvgIpc) is 3.30. The highest BCUT2D eigenvalue weighted by atomic mass is 32.1. The Morgan fingerprint density at radius 2 is 1.60 bits per heavy atom. The second-order valence-corrected chi connectivity index (χ2v) is 8.37. The maximum Gasteiger partial charge on any atom is 0.263 e. The van der Waals surface area contributed by atoms with Crippen molar-refractivity contribution in [1.82, 2.24) is 25.3 Å². The fourth-order valence-electron chi connectivity index (χ4n) is 3.13. The van der Waals surface area contributed by atoms with Gasteiger partial charge in [0.15, 0.2) is 0 Å². The average molecular weight is 418 g/mol. The van der Waals surface area contributed by atoms with E-state index in [1.165, 1.54) is 22.5 Å². The topological polar surface area (TPSA) is 72.7 Å². The molecule has 0 aliphatic heterocycles. The van der Waals surface area contributed by atoms with Crippen LogP contribution in [0.1, 0.15) is 37.7 Å². The molecule has 2 aromatic heterocycles. The van der Waals surface area contributed by atoms with E-state index < -0.39 is 0 Å². The molecule has 6 nitrogen and oxygen atoms in total. The number of nitrogens with one attached hydrogen (secondary N) is 1. The van der Waals surface area contributed by atoms with E-state index in [4.69, 9.17) is 0 Å². The first-order chi connectivity index (χ1) is 14.4. The monoisotopic (exact) mass is 417 g/mol. The number of benzene rings is 2. The lowest BCUT2D eigenvalue weighted by Crippen LogP contribution is -2.22. The Morgan fingerprint density at radius 1 is 0.967 bits per heavy atom. The first-order valence-corrected chi connectivity index (χ1v) is 10.5. The van der Waals surface area contributed by atoms with Crippen LogP contribution in [0.25, 0.3) is 16.4 Å². The SMILES string of the molecule is Cc1ccc(CNC(=O)c2sc(-c3nnn(-c4ccc(C)cc4)c3C)nc2C)cc1. The third-order valence-electron chi connectivity index (χ3n) is 4.95. The molecule has 2 aromatic carbocycles. The molecule has 0 aliphatic carbocycles. The third-order valence-corrected chi connectivity index (χ3v) is 6.12. The first kappa shape index (κ1) is 20.0. The van der Waals surface area contributed by atoms with Crippen molar-refractivity contribution in [3.05, 3.63) is 81.5 Å². The van der Waals surface area contributed by atoms with Crippen LogP contribution in [0.2, 0.25) is 0 Å². The molecule has 0 fully saturated rings. The van der Waals surface area contributed by atoms with Gasteiger partial charge in [-0.2, -0.15) is 0 Å². The van der Waals surface area contributed by atoms with Crippen LogP contribution in [0.5, 0.6) is 0 Å². The molecular weight excluding hydrogens is 394 g/mol. The molecule has 0 atom stereocenters. The summed E-state index contributed by atoms with van der Waals surface area (Å²) >= 11 is 1.34. The van der Waals surface area contributed by atoms with Gasteiger partial charge in [-0.05, 0) is 45.4 Å². The number of carbonyl (C=O) groups is 1. The maximum absolute atomic E-state index is 12.7. The van der Waals surface area contributed by atoms with Gasteiger partial charge in [0.05, 0.1) is 17.1 Å². The summed E-state index contributed by atoms with van der Waals surface area (Å²) < 4.78 is 1.79. The van der Waals surface area contributed by atoms with Gasteiger partial charge in [0.2, 0.25) is 0 Å². The fourth-order valence-corrected chi connectivity index (χ4v) is 4.15. The second kappa shape index (κ2) is 8.20. The van der Waals surface area contributed by atoms with E-state index in [-0.39, 0.29) is 5.91 Å². The lowest BCUT2D eigenvalue weighted by molar-refractivity contribution is 0.0954. The summed E-state index contributed by atoms with van der Waals surface area (Å²) in [6.07, 6.45) is 0. The summed E-state index contributed by atoms with van der Waals surface area (Å²) in [6.45, 7) is 8.38. The number of hydrogen-bond acceptors (Lipinski definition) is 5. The molecule has 0 saturated heterocycles. The minimum Gasteiger partial charge on any atom is -0.347 e. The molecule has 0 unspecified atom stereocenters. The Labute approximate surface area is 179 Å². The van der Waals surface area contributed by atoms with Crippen LogP contribution in [0.4, 0.5) is 0 Å². The zero-order valence-electron chi connectivity index (χ0n) is 17.4. The van der Waals surface area contributed by atoms with Gasteiger partial charge in [0.1, 0.15) is 15.6 Å². The zero-order valence-corrected chi connectivity index (χ0v) is 18.2. The number of nitrogens with zero attached hydrogens (tertiary/aromatic N) is 4. The predicted molar refractivity (Wildman–Crippen MR) is 119 cm³/mol. The molecule has 7 heteroatoms. The predicted octanol–water partition coefficient (Wildman–Crippen LogP) is 4.55. The molecular formula is C23H23N5OS. The van der Waals surface area contributed by atoms with Crippen molar-refractivity contribution in [2.45, 2.75) is 34.2 Å². The number of aromatic nitrogens is 4. The molecule has 0 spiro atoms. The molecule has 4 rings (SSSR count). The van der Waals surface area contributed by atoms with E-state index in [1.54, 1.807) is 4.68 Å². The van der Waals surface area contributed by atoms with Crippen molar-refractivity contribution < 1.29 is 4.79 Å². The van der Waals surface area contributed by atoms with Crippen molar-refractivity contribution in [1.29, 1.82) is 0 Å². The number of hydrogen-bond donors (Lipinski definition) is 1. The van der Waals surface area contributed by atoms with Crippen molar-refractivity contribution in [3.63, 3.8) is 0 Å². The Kier molecular flexibility index (Phi) is 5.46. The summed E-state index contributed by atoms with van der Waals surface area (Å²) in [7, 11) is 0. The number of carbonyl (C=O) groups excluding carboxylic acids is 1. The zero-order chi connectivity index (χ0) is 21.3. The van der Waals surface area contributed by atoms with E-state index in [0.717, 1.165) is 16.9 Å². The van der Waals surface area contributed by atoms with Gasteiger partial charge in [-0.1, -0.05) is 52.7 Å². The van der Waals surface area contributed by atoms with Crippen LogP contribution in [0, 0.1) is 27.7 Å². The van der Waals surface area contributed by atoms with Crippen LogP contribution in [-0.2, 0) is 6.54 Å². The highest BCUT2D eigenvalue weighted by Gasteiger charge is 2.20. The lowest BCUT2D eigenvalue weighted by atomic mass is 10.1. The van der Waals surface area contributed by atoms with Crippen molar-refractivity contribution in [2.24, 2.45) is 0 Å². The number of amides is 1. The fraction of sp³-hybridized carbons (Fsp3) is 0.217. The molecule has 0 aliphatic rings. The second-order valence-electron chi connectivity index (χ2n) is 7.37. The summed E-state index contributed by atoms with van der Waals surface area (Å²) in [6, 6.07) is 16.2. The molecule has 4 aromatic rings. The quantitative estimate of drug-likeness (QED) is 0.517. The largest absolute Gasteiger partial charge is 0.347 e. The van der Waals surface area contributed by atoms with Gasteiger partial charge in [0.25, 0.3) is 5.91 Å². The number of aryl methyl sites for hydroxylation is 3. The van der Waals surface area contributed by atoms with Gasteiger partial charge in [-0.25, -0.2) is 9.67 Å². The lowest BCUT2D eigenvalue weighted by Gasteiger charge is -2.04. The van der Waals surface area contributed by atoms with E-state index in [0.29, 0.717) is 27.8 Å². The van der Waals surface area contributed by atoms with E-state index in [1.807, 2.05) is 76.2 Å². The van der Waals surface area contributed by atoms with Gasteiger partial charge >= 0.3 is 0 Å². The van der Waals surface area contributed by atoms with Crippen LogP contribution >= 0.6 is 11.3 Å². The molecule has 0 radical (unpaired) electrons. The van der Waals surface area contributed by atoms with E-state index >= 15 is 0 Å². The highest BCUT2D eigenvalue weighted by Crippen LogP contribution is 2.29. The van der Waals surface area contributed by atoms with Crippen LogP contribution in [0.3, 0.4) is 0 Å². The molecule has 30 heavy (non-hydrogen) atoms. The van der Waals surface area contributed by atoms with Crippen LogP contribution < -0.4 is 5.32 Å². The molecule has 1 N–H and O–H groups in total. The highest BCUT2D eigenvalue weighted by molar-refractivity contribution is 7.17. The van der Waals surface area contributed by atoms with E-state index in [9.17, 15) is 4.79 Å². The molecule has 0 saturated carbocycles. The van der Waals surface area contributed by atoms with Gasteiger partial charge < -0.3 is 5.32 Å². The summed E-state index contributed by atoms with van der Waals surface area (Å²) in [5.41, 5.74) is 6.67. The van der Waals surface area contributed by atoms with Crippen molar-refractivity contribution in [3.8, 4) is 16.4 Å². The van der Waals surface area contributed by atoms with Gasteiger partial charge in [-0.3, -0.25) is 4.79 Å². The number of rotatable bonds is 5. The summed E-state index contributed by atoms with van der Waals surface area (Å²) in [4.78, 5) is 17.9. The normalized spacial score (nSPS) is 10.9. The van der Waals surface area contributed by atoms with Gasteiger partial charge in [-0.15, -0.1) is 16.4 Å². The third kappa shape index (κ3) is 4.02. The minimum atomic E-state index is -0.125. The maximum atomic E-state index is 12.7. The first-order valence-electron chi connectivity index (χ1n) is 9.73. The molecule has 1 amide bonds. The molecule has 152 valence electrons. The van der Waals surface area contributed by atoms with Gasteiger partial charge in [0, 0.05) is 6.54 Å². The standard InChI is InChI=1S/C23H23N5OS/c1-14-5-9-18(10-6-14)13-24-22(29)21-16(3)25-23(30-21)20-17(4)28(27-26-20)19-11-7-15(2)8-12-19/h5-12H,13H2,1-4H3,(H,24,29). The number of thiazole rings is 1. The smallest absolute Gasteiger partial charge is 0.263 e. The minimum absolute atomic E-state index is 0.125. The Balaban J connectivity index is 1.54. The van der Waals surface area contributed by atoms with Crippen LogP contribution in [0.15, 0.2) is 48.5 Å². The van der Waals surface area contributed by atoms with E-state index in [2.05, 4.69) is 20.6 Å². The summed E-state index contributed by atoms with van der Waals surface area (Å²) in [5.74, 6) is -0.125. The van der Waals surface area contributed by atoms with Crippen LogP contribution in [-0.4, -0.2) is 25.9 Å². The Hall–Kier alpha value is -3.32. The molecule has 2 heterocycles. The Morgan fingerprint density at radius 3 is 2.27 bits per heavy atom. The van der Waals surface area contributed by atoms with Crippen molar-refractivity contribution in [2.75, 3.05) is 0 Å². The molecule has 0 bridgehead atoms.